The molecule has 1 aromatic carbocycles. The molecule has 7 heteroatoms. The fraction of sp³-hybridized carbons (Fsp3) is 0.353. The van der Waals surface area contributed by atoms with Crippen LogP contribution in [0.1, 0.15) is 11.3 Å². The maximum Gasteiger partial charge on any atom is 0.191 e. The van der Waals surface area contributed by atoms with Crippen LogP contribution in [0.3, 0.4) is 0 Å². The topological polar surface area (TPSA) is 54.9 Å². The van der Waals surface area contributed by atoms with E-state index >= 15 is 0 Å². The number of aliphatic imine (C=N–C) groups is 1. The van der Waals surface area contributed by atoms with Crippen molar-refractivity contribution in [2.24, 2.45) is 4.99 Å². The number of rotatable bonds is 8. The first-order valence-electron chi connectivity index (χ1n) is 7.55. The van der Waals surface area contributed by atoms with Crippen LogP contribution in [0, 0.1) is 0 Å². The van der Waals surface area contributed by atoms with Crippen molar-refractivity contribution in [3.8, 4) is 11.5 Å². The van der Waals surface area contributed by atoms with Crippen molar-refractivity contribution < 1.29 is 9.47 Å². The van der Waals surface area contributed by atoms with E-state index in [1.165, 1.54) is 4.88 Å². The Balaban J connectivity index is 0.00000288. The third kappa shape index (κ3) is 7.39. The van der Waals surface area contributed by atoms with E-state index in [0.717, 1.165) is 37.0 Å². The Morgan fingerprint density at radius 3 is 2.50 bits per heavy atom. The van der Waals surface area contributed by atoms with Crippen molar-refractivity contribution in [2.45, 2.75) is 13.0 Å². The van der Waals surface area contributed by atoms with Crippen molar-refractivity contribution in [1.29, 1.82) is 0 Å². The van der Waals surface area contributed by atoms with Crippen molar-refractivity contribution in [2.75, 3.05) is 27.3 Å². The molecular weight excluding hydrogens is 437 g/mol. The molecule has 132 valence electrons. The lowest BCUT2D eigenvalue weighted by Gasteiger charge is -2.11. The van der Waals surface area contributed by atoms with Gasteiger partial charge >= 0.3 is 0 Å². The SMILES string of the molecule is CN=C(NCCCOc1ccc(OC)cc1)NCc1cccs1.I. The van der Waals surface area contributed by atoms with Crippen molar-refractivity contribution >= 4 is 41.3 Å². The summed E-state index contributed by atoms with van der Waals surface area (Å²) in [5.41, 5.74) is 0. The van der Waals surface area contributed by atoms with Gasteiger partial charge in [0, 0.05) is 18.5 Å². The van der Waals surface area contributed by atoms with Crippen LogP contribution in [0.4, 0.5) is 0 Å². The predicted molar refractivity (Wildman–Crippen MR) is 111 cm³/mol. The fourth-order valence-corrected chi connectivity index (χ4v) is 2.59. The second kappa shape index (κ2) is 12.0. The molecule has 24 heavy (non-hydrogen) atoms. The van der Waals surface area contributed by atoms with Gasteiger partial charge in [0.25, 0.3) is 0 Å². The molecule has 1 aromatic heterocycles. The Labute approximate surface area is 164 Å². The summed E-state index contributed by atoms with van der Waals surface area (Å²) in [5, 5.41) is 8.64. The van der Waals surface area contributed by atoms with Gasteiger partial charge in [-0.1, -0.05) is 6.07 Å². The fourth-order valence-electron chi connectivity index (χ4n) is 1.95. The molecule has 0 saturated carbocycles. The monoisotopic (exact) mass is 461 g/mol. The first-order valence-corrected chi connectivity index (χ1v) is 8.43. The average Bonchev–Trinajstić information content (AvgIpc) is 3.11. The van der Waals surface area contributed by atoms with Crippen molar-refractivity contribution in [3.63, 3.8) is 0 Å². The minimum Gasteiger partial charge on any atom is -0.497 e. The zero-order valence-corrected chi connectivity index (χ0v) is 17.1. The Morgan fingerprint density at radius 1 is 1.12 bits per heavy atom. The van der Waals surface area contributed by atoms with Gasteiger partial charge in [-0.15, -0.1) is 35.3 Å². The van der Waals surface area contributed by atoms with E-state index in [0.29, 0.717) is 6.61 Å². The molecule has 1 heterocycles. The third-order valence-electron chi connectivity index (χ3n) is 3.18. The standard InChI is InChI=1S/C17H23N3O2S.HI/c1-18-17(20-13-16-5-3-12-23-16)19-10-4-11-22-15-8-6-14(21-2)7-9-15;/h3,5-9,12H,4,10-11,13H2,1-2H3,(H2,18,19,20);1H. The minimum atomic E-state index is 0. The van der Waals surface area contributed by atoms with Crippen LogP contribution in [0.2, 0.25) is 0 Å². The lowest BCUT2D eigenvalue weighted by molar-refractivity contribution is 0.310. The molecule has 2 aromatic rings. The number of benzene rings is 1. The highest BCUT2D eigenvalue weighted by molar-refractivity contribution is 14.0. The van der Waals surface area contributed by atoms with Gasteiger partial charge in [-0.05, 0) is 42.1 Å². The summed E-state index contributed by atoms with van der Waals surface area (Å²) < 4.78 is 10.8. The Kier molecular flexibility index (Phi) is 10.3. The van der Waals surface area contributed by atoms with Gasteiger partial charge in [-0.3, -0.25) is 4.99 Å². The summed E-state index contributed by atoms with van der Waals surface area (Å²) in [4.78, 5) is 5.49. The zero-order valence-electron chi connectivity index (χ0n) is 14.0. The molecule has 0 radical (unpaired) electrons. The molecule has 0 aliphatic carbocycles. The van der Waals surface area contributed by atoms with E-state index < -0.39 is 0 Å². The summed E-state index contributed by atoms with van der Waals surface area (Å²) in [6.07, 6.45) is 0.895. The molecule has 2 N–H and O–H groups in total. The summed E-state index contributed by atoms with van der Waals surface area (Å²) >= 11 is 1.73. The van der Waals surface area contributed by atoms with Crippen molar-refractivity contribution in [3.05, 3.63) is 46.7 Å². The highest BCUT2D eigenvalue weighted by atomic mass is 127. The second-order valence-corrected chi connectivity index (χ2v) is 5.84. The van der Waals surface area contributed by atoms with Gasteiger partial charge in [0.2, 0.25) is 0 Å². The summed E-state index contributed by atoms with van der Waals surface area (Å²) in [6.45, 7) is 2.25. The maximum absolute atomic E-state index is 5.69. The van der Waals surface area contributed by atoms with E-state index in [9.17, 15) is 0 Å². The van der Waals surface area contributed by atoms with Crippen LogP contribution in [-0.2, 0) is 6.54 Å². The Hall–Kier alpha value is -1.48. The molecule has 0 aliphatic heterocycles. The average molecular weight is 461 g/mol. The van der Waals surface area contributed by atoms with Gasteiger partial charge < -0.3 is 20.1 Å². The molecule has 0 amide bonds. The number of nitrogens with one attached hydrogen (secondary N) is 2. The molecule has 0 fully saturated rings. The number of nitrogens with zero attached hydrogens (tertiary/aromatic N) is 1. The van der Waals surface area contributed by atoms with Gasteiger partial charge in [-0.2, -0.15) is 0 Å². The van der Waals surface area contributed by atoms with Gasteiger partial charge in [0.05, 0.1) is 20.3 Å². The van der Waals surface area contributed by atoms with Crippen LogP contribution in [0.5, 0.6) is 11.5 Å². The normalized spacial score (nSPS) is 10.7. The predicted octanol–water partition coefficient (Wildman–Crippen LogP) is 3.51. The maximum atomic E-state index is 5.69. The lowest BCUT2D eigenvalue weighted by Crippen LogP contribution is -2.37. The van der Waals surface area contributed by atoms with Gasteiger partial charge in [-0.25, -0.2) is 0 Å². The van der Waals surface area contributed by atoms with Crippen LogP contribution in [-0.4, -0.2) is 33.3 Å². The largest absolute Gasteiger partial charge is 0.497 e. The highest BCUT2D eigenvalue weighted by Crippen LogP contribution is 2.16. The molecule has 2 rings (SSSR count). The first kappa shape index (κ1) is 20.6. The number of hydrogen-bond donors (Lipinski definition) is 2. The number of methoxy groups -OCH3 is 1. The van der Waals surface area contributed by atoms with E-state index in [1.807, 2.05) is 30.3 Å². The third-order valence-corrected chi connectivity index (χ3v) is 4.05. The summed E-state index contributed by atoms with van der Waals surface area (Å²) in [7, 11) is 3.43. The zero-order chi connectivity index (χ0) is 16.3. The summed E-state index contributed by atoms with van der Waals surface area (Å²) in [6, 6.07) is 11.8. The van der Waals surface area contributed by atoms with E-state index in [2.05, 4.69) is 27.1 Å². The molecule has 0 aliphatic rings. The van der Waals surface area contributed by atoms with Crippen molar-refractivity contribution in [1.82, 2.24) is 10.6 Å². The lowest BCUT2D eigenvalue weighted by atomic mass is 10.3. The molecule has 0 bridgehead atoms. The summed E-state index contributed by atoms with van der Waals surface area (Å²) in [5.74, 6) is 2.49. The smallest absolute Gasteiger partial charge is 0.191 e. The Bertz CT molecular complexity index is 588. The first-order chi connectivity index (χ1) is 11.3. The van der Waals surface area contributed by atoms with Crippen LogP contribution in [0.15, 0.2) is 46.8 Å². The van der Waals surface area contributed by atoms with Gasteiger partial charge in [0.15, 0.2) is 5.96 Å². The van der Waals surface area contributed by atoms with Crippen LogP contribution < -0.4 is 20.1 Å². The number of hydrogen-bond acceptors (Lipinski definition) is 4. The quantitative estimate of drug-likeness (QED) is 0.274. The number of halogens is 1. The highest BCUT2D eigenvalue weighted by Gasteiger charge is 1.99. The molecule has 5 nitrogen and oxygen atoms in total. The number of ether oxygens (including phenoxy) is 2. The molecule has 0 atom stereocenters. The Morgan fingerprint density at radius 2 is 1.88 bits per heavy atom. The van der Waals surface area contributed by atoms with E-state index in [1.54, 1.807) is 25.5 Å². The molecular formula is C17H24IN3O2S. The molecule has 0 spiro atoms. The minimum absolute atomic E-state index is 0. The second-order valence-electron chi connectivity index (χ2n) is 4.81. The number of guanidine groups is 1. The number of thiophene rings is 1. The molecule has 0 unspecified atom stereocenters. The van der Waals surface area contributed by atoms with Crippen LogP contribution in [0.25, 0.3) is 0 Å². The van der Waals surface area contributed by atoms with Crippen LogP contribution >= 0.6 is 35.3 Å². The van der Waals surface area contributed by atoms with E-state index in [4.69, 9.17) is 9.47 Å². The molecule has 0 saturated heterocycles. The van der Waals surface area contributed by atoms with Gasteiger partial charge in [0.1, 0.15) is 11.5 Å². The van der Waals surface area contributed by atoms with E-state index in [-0.39, 0.29) is 24.0 Å².